The van der Waals surface area contributed by atoms with Crippen molar-refractivity contribution in [1.29, 1.82) is 0 Å². The molecular formula is C18H25N3O3S. The van der Waals surface area contributed by atoms with Gasteiger partial charge in [0.15, 0.2) is 0 Å². The van der Waals surface area contributed by atoms with Gasteiger partial charge in [0.05, 0.1) is 18.0 Å². The van der Waals surface area contributed by atoms with Crippen LogP contribution in [0.4, 0.5) is 5.69 Å². The monoisotopic (exact) mass is 363 g/mol. The van der Waals surface area contributed by atoms with Crippen LogP contribution in [0, 0.1) is 5.41 Å². The second-order valence-electron chi connectivity index (χ2n) is 6.70. The molecule has 0 bridgehead atoms. The van der Waals surface area contributed by atoms with E-state index in [9.17, 15) is 9.59 Å². The van der Waals surface area contributed by atoms with Gasteiger partial charge in [-0.15, -0.1) is 11.8 Å². The van der Waals surface area contributed by atoms with E-state index in [0.717, 1.165) is 36.5 Å². The van der Waals surface area contributed by atoms with Gasteiger partial charge in [0.25, 0.3) is 0 Å². The Morgan fingerprint density at radius 3 is 2.88 bits per heavy atom. The Hall–Kier alpha value is -1.57. The fraction of sp³-hybridized carbons (Fsp3) is 0.556. The van der Waals surface area contributed by atoms with Crippen LogP contribution in [-0.2, 0) is 14.3 Å². The molecule has 0 atom stereocenters. The van der Waals surface area contributed by atoms with E-state index < -0.39 is 0 Å². The van der Waals surface area contributed by atoms with E-state index in [1.54, 1.807) is 12.0 Å². The van der Waals surface area contributed by atoms with Gasteiger partial charge in [-0.05, 0) is 38.1 Å². The summed E-state index contributed by atoms with van der Waals surface area (Å²) in [6.07, 6.45) is 1.95. The van der Waals surface area contributed by atoms with E-state index in [-0.39, 0.29) is 23.8 Å². The number of nitrogens with one attached hydrogen (secondary N) is 2. The molecule has 0 aromatic heterocycles. The van der Waals surface area contributed by atoms with Gasteiger partial charge in [0, 0.05) is 24.0 Å². The second kappa shape index (κ2) is 8.21. The lowest BCUT2D eigenvalue weighted by atomic mass is 9.79. The third-order valence-electron chi connectivity index (χ3n) is 4.89. The number of benzene rings is 1. The molecule has 2 aliphatic heterocycles. The highest BCUT2D eigenvalue weighted by Gasteiger charge is 2.33. The van der Waals surface area contributed by atoms with Crippen molar-refractivity contribution in [2.75, 3.05) is 50.5 Å². The molecule has 7 heteroatoms. The highest BCUT2D eigenvalue weighted by molar-refractivity contribution is 8.00. The lowest BCUT2D eigenvalue weighted by Gasteiger charge is -2.37. The molecule has 2 aliphatic rings. The molecule has 136 valence electrons. The van der Waals surface area contributed by atoms with Gasteiger partial charge < -0.3 is 20.3 Å². The first-order valence-electron chi connectivity index (χ1n) is 8.62. The maximum Gasteiger partial charge on any atom is 0.240 e. The smallest absolute Gasteiger partial charge is 0.240 e. The van der Waals surface area contributed by atoms with Gasteiger partial charge in [-0.25, -0.2) is 0 Å². The van der Waals surface area contributed by atoms with Crippen molar-refractivity contribution in [1.82, 2.24) is 10.6 Å². The third-order valence-corrected chi connectivity index (χ3v) is 5.93. The normalized spacial score (nSPS) is 19.4. The van der Waals surface area contributed by atoms with Gasteiger partial charge in [-0.2, -0.15) is 0 Å². The van der Waals surface area contributed by atoms with E-state index in [0.29, 0.717) is 18.9 Å². The van der Waals surface area contributed by atoms with Gasteiger partial charge in [-0.3, -0.25) is 9.59 Å². The minimum Gasteiger partial charge on any atom is -0.384 e. The van der Waals surface area contributed by atoms with Crippen molar-refractivity contribution in [2.45, 2.75) is 17.7 Å². The highest BCUT2D eigenvalue weighted by Crippen LogP contribution is 2.34. The minimum atomic E-state index is -0.121. The predicted octanol–water partition coefficient (Wildman–Crippen LogP) is 1.26. The van der Waals surface area contributed by atoms with Crippen LogP contribution >= 0.6 is 11.8 Å². The minimum absolute atomic E-state index is 0.0185. The topological polar surface area (TPSA) is 70.7 Å². The number of thioether (sulfide) groups is 1. The summed E-state index contributed by atoms with van der Waals surface area (Å²) in [5.74, 6) is 0.236. The Kier molecular flexibility index (Phi) is 5.98. The standard InChI is InChI=1S/C18H25N3O3S/c1-24-13-18(6-8-19-9-7-18)12-20-16(22)10-21-14-4-2-3-5-15(14)25-11-17(21)23/h2-5,19H,6-13H2,1H3,(H,20,22). The molecule has 3 rings (SSSR count). The molecule has 0 spiro atoms. The van der Waals surface area contributed by atoms with Crippen molar-refractivity contribution < 1.29 is 14.3 Å². The SMILES string of the molecule is COCC1(CNC(=O)CN2C(=O)CSc3ccccc32)CCNCC1. The third kappa shape index (κ3) is 4.34. The largest absolute Gasteiger partial charge is 0.384 e. The number of carbonyl (C=O) groups excluding carboxylic acids is 2. The van der Waals surface area contributed by atoms with Crippen molar-refractivity contribution in [3.05, 3.63) is 24.3 Å². The molecule has 6 nitrogen and oxygen atoms in total. The van der Waals surface area contributed by atoms with Gasteiger partial charge in [0.1, 0.15) is 6.54 Å². The van der Waals surface area contributed by atoms with Crippen LogP contribution in [0.2, 0.25) is 0 Å². The number of methoxy groups -OCH3 is 1. The van der Waals surface area contributed by atoms with E-state index >= 15 is 0 Å². The number of anilines is 1. The Morgan fingerprint density at radius 1 is 1.36 bits per heavy atom. The van der Waals surface area contributed by atoms with Crippen molar-refractivity contribution in [3.63, 3.8) is 0 Å². The molecule has 1 fully saturated rings. The van der Waals surface area contributed by atoms with Crippen LogP contribution in [0.15, 0.2) is 29.2 Å². The molecule has 0 saturated carbocycles. The number of hydrogen-bond donors (Lipinski definition) is 2. The maximum atomic E-state index is 12.5. The summed E-state index contributed by atoms with van der Waals surface area (Å²) >= 11 is 1.52. The highest BCUT2D eigenvalue weighted by atomic mass is 32.2. The number of ether oxygens (including phenoxy) is 1. The molecule has 2 amide bonds. The Bertz CT molecular complexity index is 626. The zero-order valence-electron chi connectivity index (χ0n) is 14.5. The van der Waals surface area contributed by atoms with Crippen molar-refractivity contribution in [2.24, 2.45) is 5.41 Å². The van der Waals surface area contributed by atoms with Crippen molar-refractivity contribution in [3.8, 4) is 0 Å². The Labute approximate surface area is 152 Å². The first kappa shape index (κ1) is 18.2. The molecule has 1 aromatic carbocycles. The number of hydrogen-bond acceptors (Lipinski definition) is 5. The molecule has 2 heterocycles. The van der Waals surface area contributed by atoms with Crippen LogP contribution in [0.5, 0.6) is 0 Å². The molecule has 25 heavy (non-hydrogen) atoms. The summed E-state index contributed by atoms with van der Waals surface area (Å²) < 4.78 is 5.38. The number of piperidine rings is 1. The van der Waals surface area contributed by atoms with E-state index in [1.807, 2.05) is 24.3 Å². The average molecular weight is 363 g/mol. The molecule has 0 radical (unpaired) electrons. The van der Waals surface area contributed by atoms with Crippen LogP contribution < -0.4 is 15.5 Å². The quantitative estimate of drug-likeness (QED) is 0.796. The van der Waals surface area contributed by atoms with Crippen LogP contribution in [0.3, 0.4) is 0 Å². The number of amides is 2. The molecule has 1 aromatic rings. The van der Waals surface area contributed by atoms with Crippen molar-refractivity contribution >= 4 is 29.3 Å². The first-order chi connectivity index (χ1) is 12.1. The average Bonchev–Trinajstić information content (AvgIpc) is 2.64. The molecule has 0 unspecified atom stereocenters. The molecular weight excluding hydrogens is 338 g/mol. The molecule has 1 saturated heterocycles. The summed E-state index contributed by atoms with van der Waals surface area (Å²) in [5, 5.41) is 6.37. The number of para-hydroxylation sites is 1. The predicted molar refractivity (Wildman–Crippen MR) is 98.9 cm³/mol. The number of carbonyl (C=O) groups is 2. The maximum absolute atomic E-state index is 12.5. The summed E-state index contributed by atoms with van der Waals surface area (Å²) in [7, 11) is 1.70. The first-order valence-corrected chi connectivity index (χ1v) is 9.61. The Balaban J connectivity index is 1.61. The zero-order chi connectivity index (χ0) is 17.7. The van der Waals surface area contributed by atoms with Gasteiger partial charge in [-0.1, -0.05) is 12.1 Å². The van der Waals surface area contributed by atoms with E-state index in [4.69, 9.17) is 4.74 Å². The summed E-state index contributed by atoms with van der Waals surface area (Å²) in [6.45, 7) is 3.16. The zero-order valence-corrected chi connectivity index (χ0v) is 15.4. The second-order valence-corrected chi connectivity index (χ2v) is 7.71. The lowest BCUT2D eigenvalue weighted by Crippen LogP contribution is -2.50. The van der Waals surface area contributed by atoms with E-state index in [1.165, 1.54) is 11.8 Å². The van der Waals surface area contributed by atoms with Crippen LogP contribution in [-0.4, -0.2) is 57.5 Å². The summed E-state index contributed by atoms with van der Waals surface area (Å²) in [6, 6.07) is 7.73. The van der Waals surface area contributed by atoms with Gasteiger partial charge >= 0.3 is 0 Å². The fourth-order valence-electron chi connectivity index (χ4n) is 3.45. The number of rotatable bonds is 6. The fourth-order valence-corrected chi connectivity index (χ4v) is 4.38. The lowest BCUT2D eigenvalue weighted by molar-refractivity contribution is -0.123. The van der Waals surface area contributed by atoms with Crippen LogP contribution in [0.1, 0.15) is 12.8 Å². The molecule has 0 aliphatic carbocycles. The summed E-state index contributed by atoms with van der Waals surface area (Å²) in [5.41, 5.74) is 0.808. The van der Waals surface area contributed by atoms with Gasteiger partial charge in [0.2, 0.25) is 11.8 Å². The summed E-state index contributed by atoms with van der Waals surface area (Å²) in [4.78, 5) is 27.4. The Morgan fingerprint density at radius 2 is 2.12 bits per heavy atom. The number of nitrogens with zero attached hydrogens (tertiary/aromatic N) is 1. The van der Waals surface area contributed by atoms with Crippen LogP contribution in [0.25, 0.3) is 0 Å². The van der Waals surface area contributed by atoms with E-state index in [2.05, 4.69) is 10.6 Å². The number of fused-ring (bicyclic) bond motifs is 1. The molecule has 2 N–H and O–H groups in total.